The van der Waals surface area contributed by atoms with Gasteiger partial charge in [-0.15, -0.1) is 0 Å². The normalized spacial score (nSPS) is 15.5. The average Bonchev–Trinajstić information content (AvgIpc) is 2.99. The Morgan fingerprint density at radius 3 is 2.81 bits per heavy atom. The van der Waals surface area contributed by atoms with Crippen molar-refractivity contribution < 1.29 is 9.47 Å². The topological polar surface area (TPSA) is 46.6 Å². The van der Waals surface area contributed by atoms with E-state index in [1.54, 1.807) is 7.11 Å². The monoisotopic (exact) mass is 293 g/mol. The van der Waals surface area contributed by atoms with Crippen LogP contribution >= 0.6 is 0 Å². The third-order valence-electron chi connectivity index (χ3n) is 3.71. The average molecular weight is 293 g/mol. The van der Waals surface area contributed by atoms with Crippen LogP contribution in [-0.4, -0.2) is 56.4 Å². The van der Waals surface area contributed by atoms with Gasteiger partial charge in [0.2, 0.25) is 0 Å². The standard InChI is InChI=1S/C16H27N3O2/c1-14-5-6-16(15(18-14)13-17-7-11-20-2)21-12-10-19-8-3-4-9-19/h5-6,17H,3-4,7-13H2,1-2H3. The van der Waals surface area contributed by atoms with Crippen LogP contribution < -0.4 is 10.1 Å². The molecule has 0 saturated carbocycles. The predicted molar refractivity (Wildman–Crippen MR) is 83.7 cm³/mol. The first-order valence-corrected chi connectivity index (χ1v) is 7.81. The molecule has 0 radical (unpaired) electrons. The molecule has 1 aliphatic rings. The lowest BCUT2D eigenvalue weighted by atomic mass is 10.3. The highest BCUT2D eigenvalue weighted by atomic mass is 16.5. The van der Waals surface area contributed by atoms with Gasteiger partial charge < -0.3 is 14.8 Å². The Morgan fingerprint density at radius 2 is 2.05 bits per heavy atom. The molecule has 5 heteroatoms. The highest BCUT2D eigenvalue weighted by Crippen LogP contribution is 2.17. The highest BCUT2D eigenvalue weighted by Gasteiger charge is 2.12. The van der Waals surface area contributed by atoms with Crippen LogP contribution in [0.4, 0.5) is 0 Å². The molecule has 0 bridgehead atoms. The Kier molecular flexibility index (Phi) is 6.92. The molecule has 0 spiro atoms. The fraction of sp³-hybridized carbons (Fsp3) is 0.688. The minimum atomic E-state index is 0.705. The van der Waals surface area contributed by atoms with Gasteiger partial charge in [0.25, 0.3) is 0 Å². The van der Waals surface area contributed by atoms with Crippen molar-refractivity contribution in [2.75, 3.05) is 46.5 Å². The summed E-state index contributed by atoms with van der Waals surface area (Å²) in [5.41, 5.74) is 2.00. The van der Waals surface area contributed by atoms with Gasteiger partial charge in [-0.25, -0.2) is 0 Å². The number of rotatable bonds is 9. The maximum Gasteiger partial charge on any atom is 0.142 e. The van der Waals surface area contributed by atoms with Gasteiger partial charge in [-0.05, 0) is 45.0 Å². The lowest BCUT2D eigenvalue weighted by molar-refractivity contribution is 0.198. The van der Waals surface area contributed by atoms with Crippen molar-refractivity contribution in [3.05, 3.63) is 23.5 Å². The van der Waals surface area contributed by atoms with E-state index in [1.807, 2.05) is 19.1 Å². The number of nitrogens with one attached hydrogen (secondary N) is 1. The van der Waals surface area contributed by atoms with Crippen LogP contribution in [-0.2, 0) is 11.3 Å². The highest BCUT2D eigenvalue weighted by molar-refractivity contribution is 5.29. The largest absolute Gasteiger partial charge is 0.490 e. The fourth-order valence-corrected chi connectivity index (χ4v) is 2.53. The van der Waals surface area contributed by atoms with Crippen molar-refractivity contribution in [3.63, 3.8) is 0 Å². The predicted octanol–water partition coefficient (Wildman–Crippen LogP) is 1.60. The maximum atomic E-state index is 5.94. The molecule has 0 aliphatic carbocycles. The summed E-state index contributed by atoms with van der Waals surface area (Å²) in [6.45, 7) is 8.40. The van der Waals surface area contributed by atoms with E-state index >= 15 is 0 Å². The van der Waals surface area contributed by atoms with Crippen LogP contribution in [0, 0.1) is 6.92 Å². The van der Waals surface area contributed by atoms with Crippen LogP contribution in [0.15, 0.2) is 12.1 Å². The van der Waals surface area contributed by atoms with E-state index in [9.17, 15) is 0 Å². The van der Waals surface area contributed by atoms with E-state index in [1.165, 1.54) is 25.9 Å². The Bertz CT molecular complexity index is 420. The van der Waals surface area contributed by atoms with Gasteiger partial charge in [-0.2, -0.15) is 0 Å². The molecule has 21 heavy (non-hydrogen) atoms. The number of hydrogen-bond donors (Lipinski definition) is 1. The van der Waals surface area contributed by atoms with Crippen molar-refractivity contribution in [2.24, 2.45) is 0 Å². The minimum Gasteiger partial charge on any atom is -0.490 e. The molecule has 0 atom stereocenters. The zero-order valence-corrected chi connectivity index (χ0v) is 13.2. The molecule has 1 saturated heterocycles. The number of pyridine rings is 1. The SMILES string of the molecule is COCCNCc1nc(C)ccc1OCCN1CCCC1. The number of hydrogen-bond acceptors (Lipinski definition) is 5. The number of likely N-dealkylation sites (tertiary alicyclic amines) is 1. The summed E-state index contributed by atoms with van der Waals surface area (Å²) in [6, 6.07) is 4.03. The molecular weight excluding hydrogens is 266 g/mol. The van der Waals surface area contributed by atoms with Gasteiger partial charge in [-0.3, -0.25) is 9.88 Å². The van der Waals surface area contributed by atoms with Gasteiger partial charge in [0.05, 0.1) is 12.3 Å². The van der Waals surface area contributed by atoms with Gasteiger partial charge in [0, 0.05) is 32.4 Å². The summed E-state index contributed by atoms with van der Waals surface area (Å²) in [7, 11) is 1.71. The van der Waals surface area contributed by atoms with Crippen LogP contribution in [0.5, 0.6) is 5.75 Å². The van der Waals surface area contributed by atoms with Crippen molar-refractivity contribution in [3.8, 4) is 5.75 Å². The molecule has 118 valence electrons. The van der Waals surface area contributed by atoms with Crippen LogP contribution in [0.2, 0.25) is 0 Å². The molecule has 2 heterocycles. The second-order valence-electron chi connectivity index (χ2n) is 5.46. The van der Waals surface area contributed by atoms with Gasteiger partial charge in [0.15, 0.2) is 0 Å². The third-order valence-corrected chi connectivity index (χ3v) is 3.71. The molecule has 0 unspecified atom stereocenters. The maximum absolute atomic E-state index is 5.94. The molecule has 5 nitrogen and oxygen atoms in total. The zero-order valence-electron chi connectivity index (χ0n) is 13.2. The molecule has 0 aromatic carbocycles. The first kappa shape index (κ1) is 16.2. The van der Waals surface area contributed by atoms with E-state index in [0.717, 1.165) is 36.8 Å². The van der Waals surface area contributed by atoms with Gasteiger partial charge in [0.1, 0.15) is 12.4 Å². The van der Waals surface area contributed by atoms with E-state index in [-0.39, 0.29) is 0 Å². The van der Waals surface area contributed by atoms with Crippen LogP contribution in [0.3, 0.4) is 0 Å². The van der Waals surface area contributed by atoms with Crippen molar-refractivity contribution >= 4 is 0 Å². The lowest BCUT2D eigenvalue weighted by Crippen LogP contribution is -2.25. The lowest BCUT2D eigenvalue weighted by Gasteiger charge is -2.16. The first-order chi connectivity index (χ1) is 10.3. The van der Waals surface area contributed by atoms with Crippen LogP contribution in [0.25, 0.3) is 0 Å². The van der Waals surface area contributed by atoms with E-state index in [2.05, 4.69) is 15.2 Å². The molecule has 1 aliphatic heterocycles. The fourth-order valence-electron chi connectivity index (χ4n) is 2.53. The molecule has 1 aromatic heterocycles. The number of ether oxygens (including phenoxy) is 2. The van der Waals surface area contributed by atoms with Gasteiger partial charge >= 0.3 is 0 Å². The number of aryl methyl sites for hydroxylation is 1. The molecule has 2 rings (SSSR count). The summed E-state index contributed by atoms with van der Waals surface area (Å²) in [6.07, 6.45) is 2.64. The number of nitrogens with zero attached hydrogens (tertiary/aromatic N) is 2. The summed E-state index contributed by atoms with van der Waals surface area (Å²) >= 11 is 0. The first-order valence-electron chi connectivity index (χ1n) is 7.81. The Hall–Kier alpha value is -1.17. The van der Waals surface area contributed by atoms with Crippen molar-refractivity contribution in [2.45, 2.75) is 26.3 Å². The Morgan fingerprint density at radius 1 is 1.24 bits per heavy atom. The van der Waals surface area contributed by atoms with Gasteiger partial charge in [-0.1, -0.05) is 0 Å². The second kappa shape index (κ2) is 8.97. The number of aromatic nitrogens is 1. The molecule has 1 fully saturated rings. The Balaban J connectivity index is 1.81. The summed E-state index contributed by atoms with van der Waals surface area (Å²) < 4.78 is 11.0. The summed E-state index contributed by atoms with van der Waals surface area (Å²) in [4.78, 5) is 7.04. The third kappa shape index (κ3) is 5.61. The van der Waals surface area contributed by atoms with Crippen molar-refractivity contribution in [1.82, 2.24) is 15.2 Å². The van der Waals surface area contributed by atoms with E-state index in [0.29, 0.717) is 13.2 Å². The summed E-state index contributed by atoms with van der Waals surface area (Å²) in [5.74, 6) is 0.893. The Labute approximate surface area is 127 Å². The van der Waals surface area contributed by atoms with Crippen LogP contribution in [0.1, 0.15) is 24.2 Å². The second-order valence-corrected chi connectivity index (χ2v) is 5.46. The molecule has 1 aromatic rings. The number of methoxy groups -OCH3 is 1. The molecular formula is C16H27N3O2. The zero-order chi connectivity index (χ0) is 14.9. The summed E-state index contributed by atoms with van der Waals surface area (Å²) in [5, 5.41) is 3.32. The molecule has 0 amide bonds. The van der Waals surface area contributed by atoms with E-state index in [4.69, 9.17) is 9.47 Å². The molecule has 1 N–H and O–H groups in total. The quantitative estimate of drug-likeness (QED) is 0.701. The smallest absolute Gasteiger partial charge is 0.142 e. The van der Waals surface area contributed by atoms with Crippen molar-refractivity contribution in [1.29, 1.82) is 0 Å². The minimum absolute atomic E-state index is 0.705. The van der Waals surface area contributed by atoms with E-state index < -0.39 is 0 Å².